The van der Waals surface area contributed by atoms with Crippen molar-refractivity contribution in [2.24, 2.45) is 10.9 Å². The Labute approximate surface area is 184 Å². The number of halogens is 1. The zero-order valence-electron chi connectivity index (χ0n) is 16.5. The van der Waals surface area contributed by atoms with Gasteiger partial charge in [0.05, 0.1) is 13.7 Å². The zero-order chi connectivity index (χ0) is 18.9. The van der Waals surface area contributed by atoms with Gasteiger partial charge in [-0.1, -0.05) is 12.1 Å². The summed E-state index contributed by atoms with van der Waals surface area (Å²) < 4.78 is 10.9. The number of nitrogens with one attached hydrogen (secondary N) is 2. The Morgan fingerprint density at radius 2 is 1.93 bits per heavy atom. The van der Waals surface area contributed by atoms with Gasteiger partial charge in [-0.3, -0.25) is 4.99 Å². The van der Waals surface area contributed by atoms with E-state index >= 15 is 0 Å². The molecule has 1 aliphatic rings. The van der Waals surface area contributed by atoms with Crippen LogP contribution in [0.3, 0.4) is 0 Å². The molecule has 1 aromatic heterocycles. The predicted octanol–water partition coefficient (Wildman–Crippen LogP) is 3.40. The Morgan fingerprint density at radius 1 is 1.14 bits per heavy atom. The second kappa shape index (κ2) is 11.7. The van der Waals surface area contributed by atoms with E-state index in [9.17, 15) is 0 Å². The Balaban J connectivity index is 0.00000280. The average Bonchev–Trinajstić information content (AvgIpc) is 3.54. The van der Waals surface area contributed by atoms with Gasteiger partial charge < -0.3 is 20.1 Å². The number of methoxy groups -OCH3 is 1. The molecule has 1 saturated carbocycles. The van der Waals surface area contributed by atoms with Crippen LogP contribution in [0.2, 0.25) is 0 Å². The molecule has 0 saturated heterocycles. The minimum atomic E-state index is 0. The number of ether oxygens (including phenoxy) is 2. The van der Waals surface area contributed by atoms with E-state index in [2.05, 4.69) is 32.7 Å². The van der Waals surface area contributed by atoms with E-state index in [4.69, 9.17) is 9.47 Å². The Bertz CT molecular complexity index is 748. The van der Waals surface area contributed by atoms with Gasteiger partial charge in [0.1, 0.15) is 5.75 Å². The van der Waals surface area contributed by atoms with Gasteiger partial charge in [-0.15, -0.1) is 24.0 Å². The molecule has 7 heteroatoms. The highest BCUT2D eigenvalue weighted by molar-refractivity contribution is 14.0. The van der Waals surface area contributed by atoms with Crippen molar-refractivity contribution in [3.05, 3.63) is 53.7 Å². The predicted molar refractivity (Wildman–Crippen MR) is 123 cm³/mol. The summed E-state index contributed by atoms with van der Waals surface area (Å²) in [4.78, 5) is 8.56. The van der Waals surface area contributed by atoms with Gasteiger partial charge in [0.25, 0.3) is 0 Å². The first-order valence-electron chi connectivity index (χ1n) is 9.42. The van der Waals surface area contributed by atoms with E-state index in [0.29, 0.717) is 12.4 Å². The molecule has 2 aromatic rings. The van der Waals surface area contributed by atoms with E-state index in [1.807, 2.05) is 24.3 Å². The summed E-state index contributed by atoms with van der Waals surface area (Å²) in [6.07, 6.45) is 5.26. The van der Waals surface area contributed by atoms with Gasteiger partial charge in [0.15, 0.2) is 5.96 Å². The first-order chi connectivity index (χ1) is 13.3. The molecular weight excluding hydrogens is 467 g/mol. The van der Waals surface area contributed by atoms with Gasteiger partial charge in [-0.2, -0.15) is 0 Å². The van der Waals surface area contributed by atoms with Crippen LogP contribution in [-0.4, -0.2) is 38.3 Å². The largest absolute Gasteiger partial charge is 0.497 e. The molecular formula is C21H29IN4O2. The number of hydrogen-bond donors (Lipinski definition) is 2. The number of aromatic nitrogens is 1. The third-order valence-corrected chi connectivity index (χ3v) is 4.51. The van der Waals surface area contributed by atoms with Gasteiger partial charge in [-0.05, 0) is 54.5 Å². The Morgan fingerprint density at radius 3 is 2.61 bits per heavy atom. The van der Waals surface area contributed by atoms with Crippen molar-refractivity contribution in [1.82, 2.24) is 15.6 Å². The third kappa shape index (κ3) is 7.53. The molecule has 28 heavy (non-hydrogen) atoms. The van der Waals surface area contributed by atoms with Crippen LogP contribution in [0.4, 0.5) is 0 Å². The van der Waals surface area contributed by atoms with E-state index in [0.717, 1.165) is 42.8 Å². The van der Waals surface area contributed by atoms with Crippen LogP contribution in [-0.2, 0) is 13.0 Å². The highest BCUT2D eigenvalue weighted by Gasteiger charge is 2.22. The molecule has 152 valence electrons. The van der Waals surface area contributed by atoms with Crippen LogP contribution in [0.15, 0.2) is 47.6 Å². The fourth-order valence-corrected chi connectivity index (χ4v) is 2.65. The standard InChI is InChI=1S/C21H28N4O2.HI/c1-22-21(24-12-9-16-5-7-19(26-2)8-6-16)25-14-18-10-11-23-20(13-18)27-15-17-3-4-17;/h5-8,10-11,13,17H,3-4,9,12,14-15H2,1-2H3,(H2,22,24,25);1H. The van der Waals surface area contributed by atoms with Crippen molar-refractivity contribution in [3.8, 4) is 11.6 Å². The molecule has 1 aromatic carbocycles. The summed E-state index contributed by atoms with van der Waals surface area (Å²) in [5.74, 6) is 3.08. The zero-order valence-corrected chi connectivity index (χ0v) is 18.8. The summed E-state index contributed by atoms with van der Waals surface area (Å²) in [5, 5.41) is 6.67. The van der Waals surface area contributed by atoms with Crippen molar-refractivity contribution in [2.45, 2.75) is 25.8 Å². The molecule has 1 aliphatic carbocycles. The number of hydrogen-bond acceptors (Lipinski definition) is 4. The lowest BCUT2D eigenvalue weighted by atomic mass is 10.1. The first kappa shape index (κ1) is 22.3. The minimum absolute atomic E-state index is 0. The molecule has 0 atom stereocenters. The van der Waals surface area contributed by atoms with E-state index in [-0.39, 0.29) is 24.0 Å². The maximum atomic E-state index is 5.74. The Kier molecular flexibility index (Phi) is 9.33. The van der Waals surface area contributed by atoms with Gasteiger partial charge in [-0.25, -0.2) is 4.98 Å². The quantitative estimate of drug-likeness (QED) is 0.317. The van der Waals surface area contributed by atoms with Crippen molar-refractivity contribution in [1.29, 1.82) is 0 Å². The Hall–Kier alpha value is -2.03. The van der Waals surface area contributed by atoms with Gasteiger partial charge in [0.2, 0.25) is 5.88 Å². The van der Waals surface area contributed by atoms with E-state index in [1.54, 1.807) is 20.4 Å². The molecule has 0 aliphatic heterocycles. The maximum Gasteiger partial charge on any atom is 0.213 e. The van der Waals surface area contributed by atoms with Crippen molar-refractivity contribution < 1.29 is 9.47 Å². The number of benzene rings is 1. The van der Waals surface area contributed by atoms with Crippen LogP contribution >= 0.6 is 24.0 Å². The highest BCUT2D eigenvalue weighted by atomic mass is 127. The molecule has 2 N–H and O–H groups in total. The van der Waals surface area contributed by atoms with Crippen molar-refractivity contribution >= 4 is 29.9 Å². The fraction of sp³-hybridized carbons (Fsp3) is 0.429. The number of nitrogens with zero attached hydrogens (tertiary/aromatic N) is 2. The van der Waals surface area contributed by atoms with Crippen molar-refractivity contribution in [2.75, 3.05) is 27.3 Å². The summed E-state index contributed by atoms with van der Waals surface area (Å²) in [5.41, 5.74) is 2.37. The molecule has 0 amide bonds. The lowest BCUT2D eigenvalue weighted by Crippen LogP contribution is -2.37. The van der Waals surface area contributed by atoms with E-state index in [1.165, 1.54) is 18.4 Å². The third-order valence-electron chi connectivity index (χ3n) is 4.51. The lowest BCUT2D eigenvalue weighted by Gasteiger charge is -2.12. The number of rotatable bonds is 9. The second-order valence-electron chi connectivity index (χ2n) is 6.71. The van der Waals surface area contributed by atoms with Crippen LogP contribution in [0, 0.1) is 5.92 Å². The molecule has 0 radical (unpaired) electrons. The molecule has 1 heterocycles. The van der Waals surface area contributed by atoms with Gasteiger partial charge >= 0.3 is 0 Å². The second-order valence-corrected chi connectivity index (χ2v) is 6.71. The fourth-order valence-electron chi connectivity index (χ4n) is 2.65. The summed E-state index contributed by atoms with van der Waals surface area (Å²) in [6.45, 7) is 2.25. The normalized spacial score (nSPS) is 13.4. The summed E-state index contributed by atoms with van der Waals surface area (Å²) in [7, 11) is 3.46. The number of guanidine groups is 1. The first-order valence-corrected chi connectivity index (χ1v) is 9.42. The number of aliphatic imine (C=N–C) groups is 1. The maximum absolute atomic E-state index is 5.74. The molecule has 6 nitrogen and oxygen atoms in total. The highest BCUT2D eigenvalue weighted by Crippen LogP contribution is 2.29. The van der Waals surface area contributed by atoms with Gasteiger partial charge in [0, 0.05) is 32.4 Å². The smallest absolute Gasteiger partial charge is 0.213 e. The molecule has 0 unspecified atom stereocenters. The van der Waals surface area contributed by atoms with Crippen LogP contribution in [0.25, 0.3) is 0 Å². The van der Waals surface area contributed by atoms with Crippen molar-refractivity contribution in [3.63, 3.8) is 0 Å². The monoisotopic (exact) mass is 496 g/mol. The summed E-state index contributed by atoms with van der Waals surface area (Å²) >= 11 is 0. The average molecular weight is 496 g/mol. The molecule has 1 fully saturated rings. The summed E-state index contributed by atoms with van der Waals surface area (Å²) in [6, 6.07) is 12.1. The van der Waals surface area contributed by atoms with Crippen LogP contribution < -0.4 is 20.1 Å². The van der Waals surface area contributed by atoms with Crippen LogP contribution in [0.1, 0.15) is 24.0 Å². The lowest BCUT2D eigenvalue weighted by molar-refractivity contribution is 0.288. The minimum Gasteiger partial charge on any atom is -0.497 e. The SMILES string of the molecule is CN=C(NCCc1ccc(OC)cc1)NCc1ccnc(OCC2CC2)c1.I. The molecule has 3 rings (SSSR count). The van der Waals surface area contributed by atoms with E-state index < -0.39 is 0 Å². The molecule has 0 spiro atoms. The van der Waals surface area contributed by atoms with Crippen LogP contribution in [0.5, 0.6) is 11.6 Å². The topological polar surface area (TPSA) is 67.8 Å². The number of pyridine rings is 1. The molecule has 0 bridgehead atoms.